The van der Waals surface area contributed by atoms with Gasteiger partial charge >= 0.3 is 5.97 Å². The van der Waals surface area contributed by atoms with Crippen LogP contribution in [0.25, 0.3) is 0 Å². The van der Waals surface area contributed by atoms with Crippen molar-refractivity contribution in [2.75, 3.05) is 13.2 Å². The monoisotopic (exact) mass is 253 g/mol. The van der Waals surface area contributed by atoms with Gasteiger partial charge in [-0.2, -0.15) is 0 Å². The van der Waals surface area contributed by atoms with E-state index < -0.39 is 5.97 Å². The molecule has 0 radical (unpaired) electrons. The average molecular weight is 253 g/mol. The summed E-state index contributed by atoms with van der Waals surface area (Å²) < 4.78 is 10.6. The lowest BCUT2D eigenvalue weighted by Gasteiger charge is -2.38. The highest BCUT2D eigenvalue weighted by Gasteiger charge is 2.27. The summed E-state index contributed by atoms with van der Waals surface area (Å²) in [6, 6.07) is 2.08. The number of carboxylic acid groups (broad SMARTS) is 1. The molecule has 0 aromatic carbocycles. The molecule has 1 aromatic heterocycles. The lowest BCUT2D eigenvalue weighted by atomic mass is 10.1. The minimum Gasteiger partial charge on any atom is -0.475 e. The molecule has 1 N–H and O–H groups in total. The molecule has 2 unspecified atom stereocenters. The SMILES string of the molecule is CCC1COC(C)CN1Cc1ccoc1C(=O)O. The van der Waals surface area contributed by atoms with Crippen LogP contribution in [-0.2, 0) is 11.3 Å². The summed E-state index contributed by atoms with van der Waals surface area (Å²) in [5.74, 6) is -0.964. The van der Waals surface area contributed by atoms with Crippen LogP contribution in [0.3, 0.4) is 0 Å². The Balaban J connectivity index is 2.10. The zero-order valence-electron chi connectivity index (χ0n) is 10.8. The van der Waals surface area contributed by atoms with Gasteiger partial charge in [0.15, 0.2) is 0 Å². The largest absolute Gasteiger partial charge is 0.475 e. The second-order valence-corrected chi connectivity index (χ2v) is 4.72. The number of carbonyl (C=O) groups is 1. The van der Waals surface area contributed by atoms with Crippen LogP contribution in [0.2, 0.25) is 0 Å². The molecule has 2 heterocycles. The van der Waals surface area contributed by atoms with E-state index in [-0.39, 0.29) is 11.9 Å². The van der Waals surface area contributed by atoms with Crippen molar-refractivity contribution in [1.82, 2.24) is 4.90 Å². The third kappa shape index (κ3) is 2.73. The number of hydrogen-bond donors (Lipinski definition) is 1. The molecule has 5 heteroatoms. The fraction of sp³-hybridized carbons (Fsp3) is 0.615. The minimum atomic E-state index is -1.01. The van der Waals surface area contributed by atoms with E-state index in [0.29, 0.717) is 19.2 Å². The fourth-order valence-electron chi connectivity index (χ4n) is 2.35. The maximum absolute atomic E-state index is 11.0. The predicted octanol–water partition coefficient (Wildman–Crippen LogP) is 1.98. The van der Waals surface area contributed by atoms with E-state index in [1.165, 1.54) is 6.26 Å². The van der Waals surface area contributed by atoms with Gasteiger partial charge in [0, 0.05) is 24.7 Å². The number of ether oxygens (including phenoxy) is 1. The van der Waals surface area contributed by atoms with E-state index in [9.17, 15) is 4.79 Å². The highest BCUT2D eigenvalue weighted by atomic mass is 16.5. The molecule has 2 atom stereocenters. The van der Waals surface area contributed by atoms with E-state index >= 15 is 0 Å². The number of furan rings is 1. The van der Waals surface area contributed by atoms with E-state index in [2.05, 4.69) is 11.8 Å². The van der Waals surface area contributed by atoms with Crippen molar-refractivity contribution in [3.05, 3.63) is 23.7 Å². The maximum Gasteiger partial charge on any atom is 0.372 e. The lowest BCUT2D eigenvalue weighted by molar-refractivity contribution is -0.0593. The zero-order valence-corrected chi connectivity index (χ0v) is 10.8. The van der Waals surface area contributed by atoms with Crippen molar-refractivity contribution in [2.24, 2.45) is 0 Å². The summed E-state index contributed by atoms with van der Waals surface area (Å²) in [5, 5.41) is 9.02. The second kappa shape index (κ2) is 5.54. The molecule has 1 saturated heterocycles. The first-order valence-electron chi connectivity index (χ1n) is 6.27. The van der Waals surface area contributed by atoms with Crippen molar-refractivity contribution in [1.29, 1.82) is 0 Å². The maximum atomic E-state index is 11.0. The first-order chi connectivity index (χ1) is 8.61. The van der Waals surface area contributed by atoms with Gasteiger partial charge in [-0.15, -0.1) is 0 Å². The highest BCUT2D eigenvalue weighted by Crippen LogP contribution is 2.20. The van der Waals surface area contributed by atoms with Gasteiger partial charge in [-0.3, -0.25) is 4.90 Å². The molecule has 0 bridgehead atoms. The number of nitrogens with zero attached hydrogens (tertiary/aromatic N) is 1. The van der Waals surface area contributed by atoms with Gasteiger partial charge in [0.05, 0.1) is 19.0 Å². The number of aromatic carboxylic acids is 1. The van der Waals surface area contributed by atoms with Crippen LogP contribution < -0.4 is 0 Å². The Kier molecular flexibility index (Phi) is 4.04. The summed E-state index contributed by atoms with van der Waals surface area (Å²) in [7, 11) is 0. The quantitative estimate of drug-likeness (QED) is 0.889. The van der Waals surface area contributed by atoms with Crippen LogP contribution in [0.4, 0.5) is 0 Å². The van der Waals surface area contributed by atoms with E-state index in [4.69, 9.17) is 14.3 Å². The molecule has 1 aliphatic heterocycles. The molecule has 1 fully saturated rings. The fourth-order valence-corrected chi connectivity index (χ4v) is 2.35. The van der Waals surface area contributed by atoms with Crippen molar-refractivity contribution in [3.63, 3.8) is 0 Å². The molecule has 1 aliphatic rings. The van der Waals surface area contributed by atoms with E-state index in [1.54, 1.807) is 6.07 Å². The van der Waals surface area contributed by atoms with Gasteiger partial charge in [-0.05, 0) is 19.4 Å². The average Bonchev–Trinajstić information content (AvgIpc) is 2.77. The van der Waals surface area contributed by atoms with Gasteiger partial charge < -0.3 is 14.3 Å². The third-order valence-electron chi connectivity index (χ3n) is 3.37. The molecule has 5 nitrogen and oxygen atoms in total. The van der Waals surface area contributed by atoms with Crippen LogP contribution >= 0.6 is 0 Å². The van der Waals surface area contributed by atoms with Crippen molar-refractivity contribution in [2.45, 2.75) is 39.0 Å². The molecule has 2 rings (SSSR count). The molecule has 0 amide bonds. The first kappa shape index (κ1) is 13.1. The summed E-state index contributed by atoms with van der Waals surface area (Å²) in [4.78, 5) is 13.3. The van der Waals surface area contributed by atoms with Crippen LogP contribution in [0.1, 0.15) is 36.4 Å². The van der Waals surface area contributed by atoms with Crippen LogP contribution in [-0.4, -0.2) is 41.3 Å². The summed E-state index contributed by atoms with van der Waals surface area (Å²) in [5.41, 5.74) is 0.732. The standard InChI is InChI=1S/C13H19NO4/c1-3-11-8-18-9(2)6-14(11)7-10-4-5-17-12(10)13(15)16/h4-5,9,11H,3,6-8H2,1-2H3,(H,15,16). The van der Waals surface area contributed by atoms with Gasteiger partial charge in [0.25, 0.3) is 0 Å². The second-order valence-electron chi connectivity index (χ2n) is 4.72. The number of hydrogen-bond acceptors (Lipinski definition) is 4. The Morgan fingerprint density at radius 3 is 3.06 bits per heavy atom. The van der Waals surface area contributed by atoms with Crippen molar-refractivity contribution >= 4 is 5.97 Å². The predicted molar refractivity (Wildman–Crippen MR) is 65.6 cm³/mol. The lowest BCUT2D eigenvalue weighted by Crippen LogP contribution is -2.47. The van der Waals surface area contributed by atoms with Crippen molar-refractivity contribution < 1.29 is 19.1 Å². The Hall–Kier alpha value is -1.33. The third-order valence-corrected chi connectivity index (χ3v) is 3.37. The Morgan fingerprint density at radius 2 is 2.39 bits per heavy atom. The van der Waals surface area contributed by atoms with E-state index in [1.807, 2.05) is 6.92 Å². The summed E-state index contributed by atoms with van der Waals surface area (Å²) >= 11 is 0. The van der Waals surface area contributed by atoms with Gasteiger partial charge in [0.1, 0.15) is 0 Å². The van der Waals surface area contributed by atoms with Crippen molar-refractivity contribution in [3.8, 4) is 0 Å². The highest BCUT2D eigenvalue weighted by molar-refractivity contribution is 5.86. The number of morpholine rings is 1. The Labute approximate surface area is 106 Å². The molecular weight excluding hydrogens is 234 g/mol. The van der Waals surface area contributed by atoms with Crippen LogP contribution in [0.15, 0.2) is 16.7 Å². The van der Waals surface area contributed by atoms with Gasteiger partial charge in [-0.25, -0.2) is 4.79 Å². The number of carboxylic acids is 1. The van der Waals surface area contributed by atoms with E-state index in [0.717, 1.165) is 18.5 Å². The summed E-state index contributed by atoms with van der Waals surface area (Å²) in [6.07, 6.45) is 2.62. The molecule has 0 saturated carbocycles. The smallest absolute Gasteiger partial charge is 0.372 e. The zero-order chi connectivity index (χ0) is 13.1. The topological polar surface area (TPSA) is 62.9 Å². The molecule has 100 valence electrons. The van der Waals surface area contributed by atoms with Crippen LogP contribution in [0.5, 0.6) is 0 Å². The minimum absolute atomic E-state index is 0.0454. The Morgan fingerprint density at radius 1 is 1.61 bits per heavy atom. The molecule has 0 spiro atoms. The molecule has 18 heavy (non-hydrogen) atoms. The first-order valence-corrected chi connectivity index (χ1v) is 6.27. The molecule has 0 aliphatic carbocycles. The molecular formula is C13H19NO4. The molecule has 1 aromatic rings. The van der Waals surface area contributed by atoms with Gasteiger partial charge in [0.2, 0.25) is 5.76 Å². The number of rotatable bonds is 4. The van der Waals surface area contributed by atoms with Gasteiger partial charge in [-0.1, -0.05) is 6.92 Å². The van der Waals surface area contributed by atoms with Crippen LogP contribution in [0, 0.1) is 0 Å². The normalized spacial score (nSPS) is 25.2. The Bertz CT molecular complexity index is 415. The summed E-state index contributed by atoms with van der Waals surface area (Å²) in [6.45, 7) is 6.28.